The summed E-state index contributed by atoms with van der Waals surface area (Å²) >= 11 is 0. The Bertz CT molecular complexity index is 1250. The number of pyridine rings is 1. The van der Waals surface area contributed by atoms with Gasteiger partial charge in [0.05, 0.1) is 0 Å². The van der Waals surface area contributed by atoms with E-state index in [0.717, 1.165) is 43.1 Å². The van der Waals surface area contributed by atoms with Gasteiger partial charge in [-0.1, -0.05) is 13.0 Å². The molecule has 6 nitrogen and oxygen atoms in total. The summed E-state index contributed by atoms with van der Waals surface area (Å²) in [6.07, 6.45) is 5.15. The average molecular weight is 418 g/mol. The average Bonchev–Trinajstić information content (AvgIpc) is 3.42. The maximum Gasteiger partial charge on any atom is 0.341 e. The molecule has 6 heteroatoms. The van der Waals surface area contributed by atoms with Gasteiger partial charge in [0.15, 0.2) is 0 Å². The number of phenols is 1. The lowest BCUT2D eigenvalue weighted by atomic mass is 9.50. The van der Waals surface area contributed by atoms with Gasteiger partial charge in [-0.15, -0.1) is 0 Å². The summed E-state index contributed by atoms with van der Waals surface area (Å²) in [5.41, 5.74) is 3.65. The highest BCUT2D eigenvalue weighted by atomic mass is 16.4. The van der Waals surface area contributed by atoms with Crippen LogP contribution < -0.4 is 5.56 Å². The van der Waals surface area contributed by atoms with Gasteiger partial charge in [-0.25, -0.2) is 4.79 Å². The molecule has 5 aliphatic rings. The first-order valence-electron chi connectivity index (χ1n) is 11.3. The molecule has 1 aliphatic heterocycles. The van der Waals surface area contributed by atoms with Gasteiger partial charge in [0.2, 0.25) is 0 Å². The van der Waals surface area contributed by atoms with Gasteiger partial charge in [0.1, 0.15) is 11.3 Å². The SMILES string of the molecule is CC12Cc3cc(C(=O)O)c(=O)[nH]c3C[C@@]13C[C@]1(CN(CC4CC4)[C@@H]21)c1ccc(O)cc13. The number of carbonyl (C=O) groups is 1. The molecule has 1 unspecified atom stereocenters. The highest BCUT2D eigenvalue weighted by Crippen LogP contribution is 2.76. The Morgan fingerprint density at radius 1 is 1.23 bits per heavy atom. The van der Waals surface area contributed by atoms with Crippen molar-refractivity contribution in [1.82, 2.24) is 9.88 Å². The molecular weight excluding hydrogens is 392 g/mol. The molecule has 160 valence electrons. The van der Waals surface area contributed by atoms with Gasteiger partial charge in [-0.2, -0.15) is 0 Å². The molecule has 4 atom stereocenters. The summed E-state index contributed by atoms with van der Waals surface area (Å²) in [6.45, 7) is 4.60. The van der Waals surface area contributed by atoms with Crippen LogP contribution in [0, 0.1) is 11.3 Å². The molecule has 3 fully saturated rings. The van der Waals surface area contributed by atoms with Gasteiger partial charge in [0, 0.05) is 35.7 Å². The van der Waals surface area contributed by atoms with E-state index in [1.165, 1.54) is 24.0 Å². The standard InChI is InChI=1S/C25H26N2O4/c1-23-8-14-6-16(21(30)31)20(29)26-19(14)9-25(23)11-24(17-5-4-15(28)7-18(17)25)12-27(22(23)24)10-13-2-3-13/h4-7,13,22,28H,2-3,8-12H2,1H3,(H,26,29)(H,30,31)/t22-,23?,24-,25-/m0/s1. The molecule has 0 amide bonds. The normalized spacial score (nSPS) is 36.9. The summed E-state index contributed by atoms with van der Waals surface area (Å²) < 4.78 is 0. The molecule has 7 rings (SSSR count). The van der Waals surface area contributed by atoms with Gasteiger partial charge in [0.25, 0.3) is 5.56 Å². The van der Waals surface area contributed by atoms with Crippen molar-refractivity contribution in [3.05, 3.63) is 62.6 Å². The van der Waals surface area contributed by atoms with Crippen LogP contribution in [-0.2, 0) is 23.7 Å². The zero-order valence-corrected chi connectivity index (χ0v) is 17.6. The number of carboxylic acid groups (broad SMARTS) is 1. The highest BCUT2D eigenvalue weighted by molar-refractivity contribution is 5.87. The zero-order valence-electron chi connectivity index (χ0n) is 17.6. The molecule has 1 saturated heterocycles. The Hall–Kier alpha value is -2.60. The molecule has 0 radical (unpaired) electrons. The fourth-order valence-electron chi connectivity index (χ4n) is 8.25. The number of phenolic OH excluding ortho intramolecular Hbond substituents is 1. The van der Waals surface area contributed by atoms with Crippen LogP contribution in [-0.4, -0.2) is 45.2 Å². The lowest BCUT2D eigenvalue weighted by Crippen LogP contribution is -2.72. The first-order chi connectivity index (χ1) is 14.8. The number of aromatic carboxylic acids is 1. The Morgan fingerprint density at radius 2 is 2.03 bits per heavy atom. The minimum absolute atomic E-state index is 0.0675. The van der Waals surface area contributed by atoms with Crippen molar-refractivity contribution in [2.45, 2.75) is 55.9 Å². The van der Waals surface area contributed by atoms with E-state index < -0.39 is 11.5 Å². The first-order valence-corrected chi connectivity index (χ1v) is 11.3. The number of likely N-dealkylation sites (tertiary alicyclic amines) is 1. The quantitative estimate of drug-likeness (QED) is 0.712. The third-order valence-electron chi connectivity index (χ3n) is 9.41. The molecule has 2 bridgehead atoms. The molecule has 4 aliphatic carbocycles. The van der Waals surface area contributed by atoms with E-state index in [0.29, 0.717) is 18.2 Å². The summed E-state index contributed by atoms with van der Waals surface area (Å²) in [5, 5.41) is 19.8. The van der Waals surface area contributed by atoms with Crippen LogP contribution in [0.3, 0.4) is 0 Å². The third-order valence-corrected chi connectivity index (χ3v) is 9.41. The largest absolute Gasteiger partial charge is 0.508 e. The predicted octanol–water partition coefficient (Wildman–Crippen LogP) is 2.57. The molecule has 2 saturated carbocycles. The number of nitrogens with zero attached hydrogens (tertiary/aromatic N) is 1. The van der Waals surface area contributed by atoms with Gasteiger partial charge >= 0.3 is 5.97 Å². The number of benzene rings is 1. The van der Waals surface area contributed by atoms with Crippen LogP contribution in [0.4, 0.5) is 0 Å². The molecular formula is C25H26N2O4. The van der Waals surface area contributed by atoms with Crippen LogP contribution in [0.5, 0.6) is 5.75 Å². The number of hydrogen-bond acceptors (Lipinski definition) is 4. The summed E-state index contributed by atoms with van der Waals surface area (Å²) in [6, 6.07) is 7.94. The van der Waals surface area contributed by atoms with Crippen molar-refractivity contribution < 1.29 is 15.0 Å². The topological polar surface area (TPSA) is 93.6 Å². The van der Waals surface area contributed by atoms with E-state index in [4.69, 9.17) is 0 Å². The van der Waals surface area contributed by atoms with E-state index in [1.807, 2.05) is 12.1 Å². The molecule has 31 heavy (non-hydrogen) atoms. The molecule has 1 aromatic carbocycles. The molecule has 3 N–H and O–H groups in total. The second-order valence-electron chi connectivity index (χ2n) is 11.0. The number of hydrogen-bond donors (Lipinski definition) is 3. The van der Waals surface area contributed by atoms with Gasteiger partial charge in [-0.05, 0) is 78.3 Å². The first kappa shape index (κ1) is 18.0. The van der Waals surface area contributed by atoms with Crippen LogP contribution >= 0.6 is 0 Å². The molecule has 2 heterocycles. The highest BCUT2D eigenvalue weighted by Gasteiger charge is 2.79. The van der Waals surface area contributed by atoms with E-state index >= 15 is 0 Å². The Labute approximate surface area is 179 Å². The van der Waals surface area contributed by atoms with Crippen molar-refractivity contribution >= 4 is 5.97 Å². The van der Waals surface area contributed by atoms with Gasteiger partial charge in [-0.3, -0.25) is 9.69 Å². The zero-order chi connectivity index (χ0) is 21.3. The minimum atomic E-state index is -1.17. The smallest absolute Gasteiger partial charge is 0.341 e. The predicted molar refractivity (Wildman–Crippen MR) is 114 cm³/mol. The maximum absolute atomic E-state index is 12.4. The Balaban J connectivity index is 1.44. The maximum atomic E-state index is 12.4. The fraction of sp³-hybridized carbons (Fsp3) is 0.520. The number of aromatic hydroxyl groups is 1. The van der Waals surface area contributed by atoms with E-state index in [-0.39, 0.29) is 21.8 Å². The van der Waals surface area contributed by atoms with Crippen molar-refractivity contribution in [3.63, 3.8) is 0 Å². The van der Waals surface area contributed by atoms with E-state index in [9.17, 15) is 19.8 Å². The lowest BCUT2D eigenvalue weighted by Gasteiger charge is -2.63. The number of carboxylic acids is 1. The fourth-order valence-corrected chi connectivity index (χ4v) is 8.25. The summed E-state index contributed by atoms with van der Waals surface area (Å²) in [5.74, 6) is -0.0556. The van der Waals surface area contributed by atoms with Crippen molar-refractivity contribution in [2.24, 2.45) is 11.3 Å². The number of nitrogens with one attached hydrogen (secondary N) is 1. The molecule has 1 aromatic heterocycles. The number of aromatic amines is 1. The minimum Gasteiger partial charge on any atom is -0.508 e. The number of fused-ring (bicyclic) bond motifs is 3. The Morgan fingerprint density at radius 3 is 2.77 bits per heavy atom. The van der Waals surface area contributed by atoms with Gasteiger partial charge < -0.3 is 15.2 Å². The monoisotopic (exact) mass is 418 g/mol. The van der Waals surface area contributed by atoms with Crippen LogP contribution in [0.1, 0.15) is 58.9 Å². The van der Waals surface area contributed by atoms with E-state index in [2.05, 4.69) is 22.9 Å². The second kappa shape index (κ2) is 5.23. The second-order valence-corrected chi connectivity index (χ2v) is 11.0. The van der Waals surface area contributed by atoms with Crippen molar-refractivity contribution in [2.75, 3.05) is 13.1 Å². The van der Waals surface area contributed by atoms with Crippen molar-refractivity contribution in [3.8, 4) is 5.75 Å². The van der Waals surface area contributed by atoms with Crippen LogP contribution in [0.15, 0.2) is 29.1 Å². The lowest BCUT2D eigenvalue weighted by molar-refractivity contribution is -0.0683. The van der Waals surface area contributed by atoms with E-state index in [1.54, 1.807) is 6.07 Å². The number of H-pyrrole nitrogens is 1. The number of aromatic nitrogens is 1. The third kappa shape index (κ3) is 1.94. The van der Waals surface area contributed by atoms with Crippen LogP contribution in [0.2, 0.25) is 0 Å². The summed E-state index contributed by atoms with van der Waals surface area (Å²) in [4.78, 5) is 29.6. The van der Waals surface area contributed by atoms with Crippen molar-refractivity contribution in [1.29, 1.82) is 0 Å². The summed E-state index contributed by atoms with van der Waals surface area (Å²) in [7, 11) is 0. The molecule has 2 spiro atoms. The number of rotatable bonds is 3. The van der Waals surface area contributed by atoms with Crippen LogP contribution in [0.25, 0.3) is 0 Å². The Kier molecular flexibility index (Phi) is 3.04. The molecule has 2 aromatic rings.